The molecule has 21 heavy (non-hydrogen) atoms. The van der Waals surface area contributed by atoms with Crippen molar-refractivity contribution in [2.24, 2.45) is 0 Å². The van der Waals surface area contributed by atoms with E-state index >= 15 is 0 Å². The van der Waals surface area contributed by atoms with Gasteiger partial charge in [0.15, 0.2) is 0 Å². The molecule has 0 radical (unpaired) electrons. The van der Waals surface area contributed by atoms with E-state index in [9.17, 15) is 8.42 Å². The van der Waals surface area contributed by atoms with Crippen LogP contribution in [0.4, 0.5) is 0 Å². The number of imidazole rings is 1. The van der Waals surface area contributed by atoms with E-state index in [0.717, 1.165) is 11.3 Å². The van der Waals surface area contributed by atoms with Crippen molar-refractivity contribution in [2.45, 2.75) is 10.8 Å². The molecule has 0 aliphatic heterocycles. The Hall–Kier alpha value is -1.12. The average Bonchev–Trinajstić information content (AvgIpc) is 3.02. The number of halogens is 2. The molecule has 0 saturated carbocycles. The SMILES string of the molecule is O=S(=O)(NCc1cn2cc(Cl)ccc2n1)c1ccc(Cl)s1. The Kier molecular flexibility index (Phi) is 3.94. The lowest BCUT2D eigenvalue weighted by Gasteiger charge is -2.01. The zero-order valence-electron chi connectivity index (χ0n) is 10.5. The van der Waals surface area contributed by atoms with Crippen LogP contribution in [0, 0.1) is 0 Å². The van der Waals surface area contributed by atoms with E-state index in [2.05, 4.69) is 9.71 Å². The molecule has 5 nitrogen and oxygen atoms in total. The molecule has 3 rings (SSSR count). The fourth-order valence-corrected chi connectivity index (χ4v) is 4.48. The molecule has 3 aromatic heterocycles. The van der Waals surface area contributed by atoms with Gasteiger partial charge in [0.2, 0.25) is 10.0 Å². The van der Waals surface area contributed by atoms with E-state index in [1.807, 2.05) is 0 Å². The predicted molar refractivity (Wildman–Crippen MR) is 83.6 cm³/mol. The van der Waals surface area contributed by atoms with Gasteiger partial charge in [0.1, 0.15) is 9.86 Å². The minimum Gasteiger partial charge on any atom is -0.305 e. The van der Waals surface area contributed by atoms with Gasteiger partial charge >= 0.3 is 0 Å². The molecular weight excluding hydrogens is 353 g/mol. The number of nitrogens with zero attached hydrogens (tertiary/aromatic N) is 2. The zero-order chi connectivity index (χ0) is 15.0. The molecule has 0 bridgehead atoms. The summed E-state index contributed by atoms with van der Waals surface area (Å²) in [7, 11) is -3.57. The highest BCUT2D eigenvalue weighted by atomic mass is 35.5. The largest absolute Gasteiger partial charge is 0.305 e. The third kappa shape index (κ3) is 3.22. The molecule has 3 heterocycles. The smallest absolute Gasteiger partial charge is 0.250 e. The van der Waals surface area contributed by atoms with Gasteiger partial charge in [-0.25, -0.2) is 18.1 Å². The van der Waals surface area contributed by atoms with Gasteiger partial charge in [-0.3, -0.25) is 0 Å². The molecule has 0 aliphatic rings. The highest BCUT2D eigenvalue weighted by molar-refractivity contribution is 7.91. The maximum absolute atomic E-state index is 12.1. The molecular formula is C12H9Cl2N3O2S2. The van der Waals surface area contributed by atoms with Crippen LogP contribution in [-0.4, -0.2) is 17.8 Å². The van der Waals surface area contributed by atoms with Gasteiger partial charge in [-0.2, -0.15) is 0 Å². The standard InChI is InChI=1S/C12H9Cl2N3O2S2/c13-8-1-3-11-16-9(7-17(11)6-8)5-15-21(18,19)12-4-2-10(14)20-12/h1-4,6-7,15H,5H2. The van der Waals surface area contributed by atoms with Crippen molar-refractivity contribution < 1.29 is 8.42 Å². The van der Waals surface area contributed by atoms with Gasteiger partial charge in [0.25, 0.3) is 0 Å². The van der Waals surface area contributed by atoms with E-state index in [1.165, 1.54) is 6.07 Å². The Morgan fingerprint density at radius 2 is 2.00 bits per heavy atom. The number of thiophene rings is 1. The molecule has 9 heteroatoms. The van der Waals surface area contributed by atoms with Crippen molar-refractivity contribution in [3.8, 4) is 0 Å². The molecule has 0 aromatic carbocycles. The fourth-order valence-electron chi connectivity index (χ4n) is 1.78. The van der Waals surface area contributed by atoms with Crippen LogP contribution in [0.2, 0.25) is 9.36 Å². The lowest BCUT2D eigenvalue weighted by atomic mass is 10.5. The van der Waals surface area contributed by atoms with Crippen LogP contribution in [-0.2, 0) is 16.6 Å². The Morgan fingerprint density at radius 3 is 2.71 bits per heavy atom. The van der Waals surface area contributed by atoms with Crippen molar-refractivity contribution >= 4 is 50.2 Å². The van der Waals surface area contributed by atoms with Gasteiger partial charge < -0.3 is 4.40 Å². The summed E-state index contributed by atoms with van der Waals surface area (Å²) in [5.74, 6) is 0. The summed E-state index contributed by atoms with van der Waals surface area (Å²) in [5, 5.41) is 0.584. The number of hydrogen-bond acceptors (Lipinski definition) is 4. The monoisotopic (exact) mass is 361 g/mol. The molecule has 0 amide bonds. The van der Waals surface area contributed by atoms with Gasteiger partial charge in [-0.1, -0.05) is 23.2 Å². The molecule has 0 fully saturated rings. The summed E-state index contributed by atoms with van der Waals surface area (Å²) >= 11 is 12.6. The summed E-state index contributed by atoms with van der Waals surface area (Å²) in [6.07, 6.45) is 3.44. The minimum absolute atomic E-state index is 0.0944. The molecule has 0 spiro atoms. The average molecular weight is 362 g/mol. The number of aromatic nitrogens is 2. The first-order valence-corrected chi connectivity index (χ1v) is 8.88. The van der Waals surface area contributed by atoms with Gasteiger partial charge in [0, 0.05) is 12.4 Å². The Morgan fingerprint density at radius 1 is 1.19 bits per heavy atom. The molecule has 3 aromatic rings. The number of nitrogens with one attached hydrogen (secondary N) is 1. The van der Waals surface area contributed by atoms with E-state index in [0.29, 0.717) is 20.7 Å². The highest BCUT2D eigenvalue weighted by Gasteiger charge is 2.16. The Bertz CT molecular complexity index is 902. The molecule has 0 saturated heterocycles. The first-order valence-electron chi connectivity index (χ1n) is 5.82. The van der Waals surface area contributed by atoms with Crippen LogP contribution in [0.3, 0.4) is 0 Å². The molecule has 0 atom stereocenters. The van der Waals surface area contributed by atoms with E-state index in [1.54, 1.807) is 35.0 Å². The Labute approximate surface area is 135 Å². The van der Waals surface area contributed by atoms with Crippen molar-refractivity contribution in [3.63, 3.8) is 0 Å². The summed E-state index contributed by atoms with van der Waals surface area (Å²) in [5.41, 5.74) is 1.30. The predicted octanol–water partition coefficient (Wildman–Crippen LogP) is 3.18. The van der Waals surface area contributed by atoms with Crippen LogP contribution in [0.5, 0.6) is 0 Å². The maximum Gasteiger partial charge on any atom is 0.250 e. The third-order valence-electron chi connectivity index (χ3n) is 2.72. The number of pyridine rings is 1. The van der Waals surface area contributed by atoms with Crippen LogP contribution in [0.15, 0.2) is 40.9 Å². The topological polar surface area (TPSA) is 63.5 Å². The van der Waals surface area contributed by atoms with Gasteiger partial charge in [-0.15, -0.1) is 11.3 Å². The quantitative estimate of drug-likeness (QED) is 0.775. The van der Waals surface area contributed by atoms with Crippen molar-refractivity contribution in [1.29, 1.82) is 0 Å². The second-order valence-electron chi connectivity index (χ2n) is 4.23. The van der Waals surface area contributed by atoms with Crippen LogP contribution < -0.4 is 4.72 Å². The van der Waals surface area contributed by atoms with Crippen LogP contribution >= 0.6 is 34.5 Å². The number of hydrogen-bond donors (Lipinski definition) is 1. The zero-order valence-corrected chi connectivity index (χ0v) is 13.6. The molecule has 110 valence electrons. The maximum atomic E-state index is 12.1. The second kappa shape index (κ2) is 5.58. The number of fused-ring (bicyclic) bond motifs is 1. The van der Waals surface area contributed by atoms with Crippen molar-refractivity contribution in [3.05, 3.63) is 51.7 Å². The first-order chi connectivity index (χ1) is 9.94. The first kappa shape index (κ1) is 14.8. The Balaban J connectivity index is 1.80. The minimum atomic E-state index is -3.57. The highest BCUT2D eigenvalue weighted by Crippen LogP contribution is 2.25. The second-order valence-corrected chi connectivity index (χ2v) is 8.37. The summed E-state index contributed by atoms with van der Waals surface area (Å²) < 4.78 is 29.0. The molecule has 1 N–H and O–H groups in total. The van der Waals surface area contributed by atoms with Crippen molar-refractivity contribution in [1.82, 2.24) is 14.1 Å². The normalized spacial score (nSPS) is 12.1. The van der Waals surface area contributed by atoms with E-state index in [-0.39, 0.29) is 10.8 Å². The summed E-state index contributed by atoms with van der Waals surface area (Å²) in [6, 6.07) is 6.51. The van der Waals surface area contributed by atoms with E-state index < -0.39 is 10.0 Å². The van der Waals surface area contributed by atoms with Gasteiger partial charge in [-0.05, 0) is 24.3 Å². The van der Waals surface area contributed by atoms with Gasteiger partial charge in [0.05, 0.1) is 21.6 Å². The fraction of sp³-hybridized carbons (Fsp3) is 0.0833. The van der Waals surface area contributed by atoms with Crippen LogP contribution in [0.25, 0.3) is 5.65 Å². The number of rotatable bonds is 4. The summed E-state index contributed by atoms with van der Waals surface area (Å²) in [4.78, 5) is 4.31. The van der Waals surface area contributed by atoms with E-state index in [4.69, 9.17) is 23.2 Å². The van der Waals surface area contributed by atoms with Crippen molar-refractivity contribution in [2.75, 3.05) is 0 Å². The molecule has 0 aliphatic carbocycles. The molecule has 0 unspecified atom stereocenters. The summed E-state index contributed by atoms with van der Waals surface area (Å²) in [6.45, 7) is 0.0944. The number of sulfonamides is 1. The lowest BCUT2D eigenvalue weighted by Crippen LogP contribution is -2.22. The van der Waals surface area contributed by atoms with Crippen LogP contribution in [0.1, 0.15) is 5.69 Å². The third-order valence-corrected chi connectivity index (χ3v) is 6.07. The lowest BCUT2D eigenvalue weighted by molar-refractivity contribution is 0.583.